The van der Waals surface area contributed by atoms with Gasteiger partial charge in [-0.15, -0.1) is 0 Å². The van der Waals surface area contributed by atoms with E-state index in [0.717, 1.165) is 0 Å². The molecule has 1 aliphatic rings. The first-order valence-electron chi connectivity index (χ1n) is 3.99. The normalized spacial score (nSPS) is 29.4. The number of aliphatic hydroxyl groups excluding tert-OH is 4. The third-order valence-corrected chi connectivity index (χ3v) is 2.04. The fourth-order valence-electron chi connectivity index (χ4n) is 1.23. The van der Waals surface area contributed by atoms with Gasteiger partial charge in [-0.3, -0.25) is 0 Å². The van der Waals surface area contributed by atoms with Gasteiger partial charge >= 0.3 is 0 Å². The molecule has 0 aliphatic carbocycles. The van der Waals surface area contributed by atoms with Crippen LogP contribution in [-0.4, -0.2) is 44.8 Å². The minimum absolute atomic E-state index is 0.301. The Bertz CT molecular complexity index is 233. The highest BCUT2D eigenvalue weighted by Crippen LogP contribution is 2.33. The summed E-state index contributed by atoms with van der Waals surface area (Å²) in [6.07, 6.45) is -2.26. The predicted molar refractivity (Wildman–Crippen MR) is 44.3 cm³/mol. The summed E-state index contributed by atoms with van der Waals surface area (Å²) in [7, 11) is 0. The van der Waals surface area contributed by atoms with Crippen molar-refractivity contribution < 1.29 is 25.2 Å². The molecule has 4 N–H and O–H groups in total. The number of hydrogen-bond donors (Lipinski definition) is 4. The summed E-state index contributed by atoms with van der Waals surface area (Å²) in [5, 5.41) is 36.5. The largest absolute Gasteiger partial charge is 0.506 e. The van der Waals surface area contributed by atoms with Crippen LogP contribution in [0.3, 0.4) is 0 Å². The van der Waals surface area contributed by atoms with Gasteiger partial charge in [0.2, 0.25) is 0 Å². The van der Waals surface area contributed by atoms with Crippen molar-refractivity contribution in [1.29, 1.82) is 0 Å². The summed E-state index contributed by atoms with van der Waals surface area (Å²) in [5.74, 6) is -0.712. The van der Waals surface area contributed by atoms with Crippen LogP contribution in [0.25, 0.3) is 0 Å². The van der Waals surface area contributed by atoms with Crippen LogP contribution in [0.1, 0.15) is 13.8 Å². The zero-order valence-electron chi connectivity index (χ0n) is 7.56. The Morgan fingerprint density at radius 1 is 1.46 bits per heavy atom. The lowest BCUT2D eigenvalue weighted by Crippen LogP contribution is -2.34. The highest BCUT2D eigenvalue weighted by molar-refractivity contribution is 5.21. The lowest BCUT2D eigenvalue weighted by atomic mass is 10.1. The van der Waals surface area contributed by atoms with E-state index in [2.05, 4.69) is 0 Å². The van der Waals surface area contributed by atoms with E-state index < -0.39 is 30.2 Å². The molecule has 2 atom stereocenters. The van der Waals surface area contributed by atoms with Crippen LogP contribution in [0.5, 0.6) is 0 Å². The number of rotatable bonds is 2. The van der Waals surface area contributed by atoms with Gasteiger partial charge in [-0.2, -0.15) is 0 Å². The van der Waals surface area contributed by atoms with Gasteiger partial charge in [-0.25, -0.2) is 0 Å². The van der Waals surface area contributed by atoms with Crippen molar-refractivity contribution >= 4 is 0 Å². The van der Waals surface area contributed by atoms with E-state index in [1.165, 1.54) is 0 Å². The minimum Gasteiger partial charge on any atom is -0.506 e. The summed E-state index contributed by atoms with van der Waals surface area (Å²) in [5.41, 5.74) is -1.01. The maximum Gasteiger partial charge on any atom is 0.164 e. The van der Waals surface area contributed by atoms with Crippen LogP contribution in [0.15, 0.2) is 11.5 Å². The molecule has 0 saturated heterocycles. The van der Waals surface area contributed by atoms with Crippen molar-refractivity contribution in [1.82, 2.24) is 0 Å². The van der Waals surface area contributed by atoms with Crippen molar-refractivity contribution in [2.75, 3.05) is 6.61 Å². The molecule has 0 aromatic rings. The first kappa shape index (κ1) is 10.3. The lowest BCUT2D eigenvalue weighted by molar-refractivity contribution is -0.0922. The molecule has 0 spiro atoms. The summed E-state index contributed by atoms with van der Waals surface area (Å²) in [6, 6.07) is 0. The molecule has 5 nitrogen and oxygen atoms in total. The number of hydrogen-bond acceptors (Lipinski definition) is 5. The third-order valence-electron chi connectivity index (χ3n) is 2.04. The quantitative estimate of drug-likeness (QED) is 0.486. The average Bonchev–Trinajstić information content (AvgIpc) is 2.28. The zero-order valence-corrected chi connectivity index (χ0v) is 7.56. The van der Waals surface area contributed by atoms with Crippen LogP contribution in [0, 0.1) is 0 Å². The molecule has 5 heteroatoms. The second kappa shape index (κ2) is 3.17. The molecule has 1 aliphatic heterocycles. The van der Waals surface area contributed by atoms with Crippen molar-refractivity contribution in [3.8, 4) is 0 Å². The SMILES string of the molecule is CC1(C)OC(C(O)CO)C(O)=C1O. The van der Waals surface area contributed by atoms with Crippen molar-refractivity contribution in [2.45, 2.75) is 31.7 Å². The molecule has 76 valence electrons. The Morgan fingerprint density at radius 3 is 2.31 bits per heavy atom. The average molecular weight is 190 g/mol. The Balaban J connectivity index is 2.86. The molecule has 0 bridgehead atoms. The molecule has 0 aromatic carbocycles. The topological polar surface area (TPSA) is 90.2 Å². The van der Waals surface area contributed by atoms with Gasteiger partial charge in [0.15, 0.2) is 11.5 Å². The van der Waals surface area contributed by atoms with Crippen LogP contribution in [-0.2, 0) is 4.74 Å². The third kappa shape index (κ3) is 1.63. The van der Waals surface area contributed by atoms with Crippen molar-refractivity contribution in [3.63, 3.8) is 0 Å². The van der Waals surface area contributed by atoms with Gasteiger partial charge in [0.05, 0.1) is 6.61 Å². The molecular formula is C8H14O5. The van der Waals surface area contributed by atoms with E-state index in [1.807, 2.05) is 0 Å². The van der Waals surface area contributed by atoms with Gasteiger partial charge < -0.3 is 25.2 Å². The Morgan fingerprint density at radius 2 is 2.00 bits per heavy atom. The maximum absolute atomic E-state index is 9.35. The van der Waals surface area contributed by atoms with E-state index in [0.29, 0.717) is 0 Å². The molecule has 1 rings (SSSR count). The van der Waals surface area contributed by atoms with Gasteiger partial charge in [-0.05, 0) is 13.8 Å². The maximum atomic E-state index is 9.35. The first-order valence-corrected chi connectivity index (χ1v) is 3.99. The van der Waals surface area contributed by atoms with Crippen molar-refractivity contribution in [3.05, 3.63) is 11.5 Å². The number of ether oxygens (including phenoxy) is 1. The zero-order chi connectivity index (χ0) is 10.2. The van der Waals surface area contributed by atoms with Crippen molar-refractivity contribution in [2.24, 2.45) is 0 Å². The van der Waals surface area contributed by atoms with Crippen LogP contribution in [0.2, 0.25) is 0 Å². The summed E-state index contributed by atoms with van der Waals surface area (Å²) in [4.78, 5) is 0. The molecule has 0 amide bonds. The molecule has 13 heavy (non-hydrogen) atoms. The molecule has 0 radical (unpaired) electrons. The molecule has 0 aromatic heterocycles. The highest BCUT2D eigenvalue weighted by Gasteiger charge is 2.43. The fourth-order valence-corrected chi connectivity index (χ4v) is 1.23. The smallest absolute Gasteiger partial charge is 0.164 e. The second-order valence-corrected chi connectivity index (χ2v) is 3.53. The Hall–Kier alpha value is -0.780. The fraction of sp³-hybridized carbons (Fsp3) is 0.750. The predicted octanol–water partition coefficient (Wildman–Crippen LogP) is -0.155. The Labute approximate surface area is 75.9 Å². The first-order chi connectivity index (χ1) is 5.90. The summed E-state index contributed by atoms with van der Waals surface area (Å²) >= 11 is 0. The van der Waals surface area contributed by atoms with Gasteiger partial charge in [0.25, 0.3) is 0 Å². The monoisotopic (exact) mass is 190 g/mol. The van der Waals surface area contributed by atoms with Crippen LogP contribution in [0.4, 0.5) is 0 Å². The van der Waals surface area contributed by atoms with Gasteiger partial charge in [0.1, 0.15) is 17.8 Å². The van der Waals surface area contributed by atoms with E-state index in [9.17, 15) is 15.3 Å². The minimum atomic E-state index is -1.22. The standard InChI is InChI=1S/C8H14O5/c1-8(2)7(12)5(11)6(13-8)4(10)3-9/h4,6,9-12H,3H2,1-2H3. The van der Waals surface area contributed by atoms with E-state index in [4.69, 9.17) is 9.84 Å². The highest BCUT2D eigenvalue weighted by atomic mass is 16.6. The molecule has 0 saturated carbocycles. The van der Waals surface area contributed by atoms with E-state index >= 15 is 0 Å². The van der Waals surface area contributed by atoms with Gasteiger partial charge in [-0.1, -0.05) is 0 Å². The second-order valence-electron chi connectivity index (χ2n) is 3.53. The molecule has 2 unspecified atom stereocenters. The summed E-state index contributed by atoms with van der Waals surface area (Å²) < 4.78 is 5.14. The molecular weight excluding hydrogens is 176 g/mol. The summed E-state index contributed by atoms with van der Waals surface area (Å²) in [6.45, 7) is 2.59. The molecule has 0 fully saturated rings. The lowest BCUT2D eigenvalue weighted by Gasteiger charge is -2.21. The Kier molecular flexibility index (Phi) is 2.51. The van der Waals surface area contributed by atoms with Crippen LogP contribution >= 0.6 is 0 Å². The van der Waals surface area contributed by atoms with Gasteiger partial charge in [0, 0.05) is 0 Å². The van der Waals surface area contributed by atoms with Crippen LogP contribution < -0.4 is 0 Å². The van der Waals surface area contributed by atoms with E-state index in [-0.39, 0.29) is 5.76 Å². The number of aliphatic hydroxyl groups is 4. The molecule has 1 heterocycles. The van der Waals surface area contributed by atoms with E-state index in [1.54, 1.807) is 13.8 Å².